The standard InChI is InChI=1S/C31H29N7O7S/c39-28(40)18-24(21-3-1-11-32-19-21)34-29(41)20-5-10-26(36-12-14-37(15-13-36)30(42)27-4-2-16-46-27)25(17-20)35-31(43)33-22-6-8-23(9-7-22)38(44)45/h1-11,16-17,19,24H,12-15,18H2,(H,34,41)(H,39,40)(H2,33,35,43). The number of pyridine rings is 1. The van der Waals surface area contributed by atoms with Crippen molar-refractivity contribution in [3.05, 3.63) is 111 Å². The Balaban J connectivity index is 1.37. The molecule has 4 N–H and O–H groups in total. The molecule has 1 fully saturated rings. The summed E-state index contributed by atoms with van der Waals surface area (Å²) < 4.78 is 0. The number of carbonyl (C=O) groups excluding carboxylic acids is 3. The number of hydrogen-bond donors (Lipinski definition) is 4. The van der Waals surface area contributed by atoms with Crippen LogP contribution in [0.4, 0.5) is 27.5 Å². The number of rotatable bonds is 10. The highest BCUT2D eigenvalue weighted by atomic mass is 32.1. The fraction of sp³-hybridized carbons (Fsp3) is 0.194. The summed E-state index contributed by atoms with van der Waals surface area (Å²) in [5.41, 5.74) is 1.77. The molecule has 5 rings (SSSR count). The highest BCUT2D eigenvalue weighted by Crippen LogP contribution is 2.30. The van der Waals surface area contributed by atoms with Crippen molar-refractivity contribution in [1.29, 1.82) is 0 Å². The smallest absolute Gasteiger partial charge is 0.323 e. The number of carboxylic acid groups (broad SMARTS) is 1. The van der Waals surface area contributed by atoms with Crippen molar-refractivity contribution in [2.45, 2.75) is 12.5 Å². The van der Waals surface area contributed by atoms with E-state index in [9.17, 15) is 34.4 Å². The summed E-state index contributed by atoms with van der Waals surface area (Å²) in [6.45, 7) is 1.80. The van der Waals surface area contributed by atoms with E-state index in [-0.39, 0.29) is 23.6 Å². The molecule has 0 aliphatic carbocycles. The van der Waals surface area contributed by atoms with E-state index in [1.165, 1.54) is 47.9 Å². The van der Waals surface area contributed by atoms with Gasteiger partial charge in [-0.1, -0.05) is 12.1 Å². The average Bonchev–Trinajstić information content (AvgIpc) is 3.60. The molecular weight excluding hydrogens is 614 g/mol. The van der Waals surface area contributed by atoms with Gasteiger partial charge in [0.05, 0.1) is 33.6 Å². The molecule has 1 atom stereocenters. The molecule has 236 valence electrons. The van der Waals surface area contributed by atoms with Crippen molar-refractivity contribution in [1.82, 2.24) is 15.2 Å². The van der Waals surface area contributed by atoms with Crippen molar-refractivity contribution in [3.8, 4) is 0 Å². The molecule has 2 aromatic carbocycles. The van der Waals surface area contributed by atoms with Gasteiger partial charge < -0.3 is 30.9 Å². The summed E-state index contributed by atoms with van der Waals surface area (Å²) in [5.74, 6) is -1.72. The Morgan fingerprint density at radius 1 is 0.978 bits per heavy atom. The number of nitro groups is 1. The first-order valence-corrected chi connectivity index (χ1v) is 15.0. The van der Waals surface area contributed by atoms with E-state index in [2.05, 4.69) is 20.9 Å². The number of piperazine rings is 1. The first-order valence-electron chi connectivity index (χ1n) is 14.1. The molecule has 0 spiro atoms. The molecule has 0 radical (unpaired) electrons. The fourth-order valence-corrected chi connectivity index (χ4v) is 5.65. The first-order chi connectivity index (χ1) is 22.2. The number of benzene rings is 2. The third kappa shape index (κ3) is 7.81. The Morgan fingerprint density at radius 2 is 1.74 bits per heavy atom. The second-order valence-corrected chi connectivity index (χ2v) is 11.2. The first kappa shape index (κ1) is 31.6. The third-order valence-corrected chi connectivity index (χ3v) is 8.11. The van der Waals surface area contributed by atoms with Gasteiger partial charge in [-0.25, -0.2) is 4.79 Å². The molecular formula is C31H29N7O7S. The number of anilines is 3. The summed E-state index contributed by atoms with van der Waals surface area (Å²) >= 11 is 1.38. The van der Waals surface area contributed by atoms with Gasteiger partial charge in [-0.3, -0.25) is 29.5 Å². The summed E-state index contributed by atoms with van der Waals surface area (Å²) in [7, 11) is 0. The number of nitrogens with zero attached hydrogens (tertiary/aromatic N) is 4. The van der Waals surface area contributed by atoms with Crippen LogP contribution in [0.5, 0.6) is 0 Å². The van der Waals surface area contributed by atoms with E-state index in [1.54, 1.807) is 41.4 Å². The van der Waals surface area contributed by atoms with Crippen molar-refractivity contribution >= 4 is 57.9 Å². The Kier molecular flexibility index (Phi) is 9.82. The van der Waals surface area contributed by atoms with Crippen LogP contribution in [0, 0.1) is 10.1 Å². The highest BCUT2D eigenvalue weighted by Gasteiger charge is 2.26. The van der Waals surface area contributed by atoms with Gasteiger partial charge in [-0.15, -0.1) is 11.3 Å². The van der Waals surface area contributed by atoms with Crippen LogP contribution in [0.3, 0.4) is 0 Å². The van der Waals surface area contributed by atoms with Gasteiger partial charge in [0.2, 0.25) is 0 Å². The molecule has 0 bridgehead atoms. The van der Waals surface area contributed by atoms with Crippen LogP contribution in [0.1, 0.15) is 38.1 Å². The molecule has 1 unspecified atom stereocenters. The molecule has 15 heteroatoms. The van der Waals surface area contributed by atoms with E-state index < -0.39 is 28.9 Å². The molecule has 4 aromatic rings. The van der Waals surface area contributed by atoms with Gasteiger partial charge in [0.25, 0.3) is 17.5 Å². The van der Waals surface area contributed by atoms with Gasteiger partial charge >= 0.3 is 12.0 Å². The van der Waals surface area contributed by atoms with Crippen LogP contribution < -0.4 is 20.9 Å². The number of aromatic nitrogens is 1. The minimum Gasteiger partial charge on any atom is -0.481 e. The molecule has 3 heterocycles. The molecule has 4 amide bonds. The molecule has 1 saturated heterocycles. The van der Waals surface area contributed by atoms with Crippen LogP contribution in [-0.2, 0) is 4.79 Å². The lowest BCUT2D eigenvalue weighted by atomic mass is 10.0. The predicted molar refractivity (Wildman–Crippen MR) is 171 cm³/mol. The summed E-state index contributed by atoms with van der Waals surface area (Å²) in [6.07, 6.45) is 2.65. The zero-order valence-electron chi connectivity index (χ0n) is 24.3. The van der Waals surface area contributed by atoms with Crippen molar-refractivity contribution in [2.24, 2.45) is 0 Å². The second kappa shape index (κ2) is 14.3. The molecule has 0 saturated carbocycles. The van der Waals surface area contributed by atoms with Gasteiger partial charge in [-0.05, 0) is 53.4 Å². The minimum atomic E-state index is -1.11. The number of carbonyl (C=O) groups is 4. The van der Waals surface area contributed by atoms with Crippen molar-refractivity contribution in [3.63, 3.8) is 0 Å². The number of urea groups is 1. The predicted octanol–water partition coefficient (Wildman–Crippen LogP) is 4.60. The van der Waals surface area contributed by atoms with Crippen LogP contribution in [0.2, 0.25) is 0 Å². The van der Waals surface area contributed by atoms with Crippen molar-refractivity contribution in [2.75, 3.05) is 41.7 Å². The number of non-ortho nitro benzene ring substituents is 1. The Labute approximate surface area is 266 Å². The summed E-state index contributed by atoms with van der Waals surface area (Å²) in [6, 6.07) is 15.5. The van der Waals surface area contributed by atoms with E-state index in [1.807, 2.05) is 16.3 Å². The lowest BCUT2D eigenvalue weighted by Crippen LogP contribution is -2.48. The number of thiophene rings is 1. The number of aliphatic carboxylic acids is 1. The Bertz CT molecular complexity index is 1730. The summed E-state index contributed by atoms with van der Waals surface area (Å²) in [4.78, 5) is 69.7. The van der Waals surface area contributed by atoms with Gasteiger partial charge in [0.1, 0.15) is 0 Å². The van der Waals surface area contributed by atoms with E-state index in [0.29, 0.717) is 53.7 Å². The van der Waals surface area contributed by atoms with E-state index in [0.717, 1.165) is 0 Å². The monoisotopic (exact) mass is 643 g/mol. The second-order valence-electron chi connectivity index (χ2n) is 10.3. The van der Waals surface area contributed by atoms with Crippen molar-refractivity contribution < 1.29 is 29.2 Å². The quantitative estimate of drug-likeness (QED) is 0.141. The van der Waals surface area contributed by atoms with Crippen LogP contribution in [-0.4, -0.2) is 69.9 Å². The van der Waals surface area contributed by atoms with Gasteiger partial charge in [-0.2, -0.15) is 0 Å². The lowest BCUT2D eigenvalue weighted by Gasteiger charge is -2.37. The molecule has 1 aliphatic heterocycles. The zero-order valence-corrected chi connectivity index (χ0v) is 25.1. The Morgan fingerprint density at radius 3 is 2.37 bits per heavy atom. The van der Waals surface area contributed by atoms with E-state index in [4.69, 9.17) is 0 Å². The topological polar surface area (TPSA) is 187 Å². The average molecular weight is 644 g/mol. The number of hydrogen-bond acceptors (Lipinski definition) is 9. The normalized spacial score (nSPS) is 13.4. The van der Waals surface area contributed by atoms with Gasteiger partial charge in [0, 0.05) is 62.0 Å². The maximum Gasteiger partial charge on any atom is 0.323 e. The molecule has 1 aliphatic rings. The third-order valence-electron chi connectivity index (χ3n) is 7.25. The van der Waals surface area contributed by atoms with Crippen LogP contribution >= 0.6 is 11.3 Å². The molecule has 46 heavy (non-hydrogen) atoms. The Hall–Kier alpha value is -5.83. The molecule has 14 nitrogen and oxygen atoms in total. The SMILES string of the molecule is O=C(O)CC(NC(=O)c1ccc(N2CCN(C(=O)c3cccs3)CC2)c(NC(=O)Nc2ccc([N+](=O)[O-])cc2)c1)c1cccnc1. The van der Waals surface area contributed by atoms with Gasteiger partial charge in [0.15, 0.2) is 0 Å². The lowest BCUT2D eigenvalue weighted by molar-refractivity contribution is -0.384. The maximum absolute atomic E-state index is 13.4. The number of amides is 4. The van der Waals surface area contributed by atoms with Crippen LogP contribution in [0.25, 0.3) is 0 Å². The van der Waals surface area contributed by atoms with E-state index >= 15 is 0 Å². The van der Waals surface area contributed by atoms with Crippen LogP contribution in [0.15, 0.2) is 84.5 Å². The fourth-order valence-electron chi connectivity index (χ4n) is 4.96. The largest absolute Gasteiger partial charge is 0.481 e. The minimum absolute atomic E-state index is 0.0491. The number of nitro benzene ring substituents is 1. The summed E-state index contributed by atoms with van der Waals surface area (Å²) in [5, 5.41) is 30.4. The zero-order chi connectivity index (χ0) is 32.6. The number of carboxylic acids is 1. The molecule has 2 aromatic heterocycles. The number of nitrogens with one attached hydrogen (secondary N) is 3. The highest BCUT2D eigenvalue weighted by molar-refractivity contribution is 7.12. The maximum atomic E-state index is 13.4.